The molecule has 1 aromatic rings. The van der Waals surface area contributed by atoms with Crippen molar-refractivity contribution in [3.8, 4) is 6.07 Å². The van der Waals surface area contributed by atoms with Gasteiger partial charge in [0.2, 0.25) is 5.91 Å². The van der Waals surface area contributed by atoms with Crippen LogP contribution in [-0.2, 0) is 14.9 Å². The van der Waals surface area contributed by atoms with Crippen molar-refractivity contribution in [2.75, 3.05) is 58.3 Å². The van der Waals surface area contributed by atoms with Gasteiger partial charge in [0.1, 0.15) is 5.82 Å². The van der Waals surface area contributed by atoms with Crippen molar-refractivity contribution in [3.05, 3.63) is 42.2 Å². The second kappa shape index (κ2) is 11.6. The van der Waals surface area contributed by atoms with Crippen molar-refractivity contribution in [2.45, 2.75) is 74.6 Å². The summed E-state index contributed by atoms with van der Waals surface area (Å²) in [6, 6.07) is 8.05. The SMILES string of the molecule is C=CC(=O)N1CCN(C2NC(OC[C@H]3CCCN3C)NC3C[C@]4(CCC32)CN(C)c2cc(F)ccc24)C[C@H]1CC#N. The molecule has 1 saturated carbocycles. The van der Waals surface area contributed by atoms with Gasteiger partial charge in [0.15, 0.2) is 6.35 Å². The molecule has 1 amide bonds. The fraction of sp³-hybridized carbons (Fsp3) is 0.677. The molecule has 10 heteroatoms. The molecule has 41 heavy (non-hydrogen) atoms. The molecule has 2 N–H and O–H groups in total. The molecule has 1 aliphatic carbocycles. The van der Waals surface area contributed by atoms with Gasteiger partial charge in [-0.2, -0.15) is 5.26 Å². The summed E-state index contributed by atoms with van der Waals surface area (Å²) in [5.41, 5.74) is 2.24. The van der Waals surface area contributed by atoms with Gasteiger partial charge < -0.3 is 19.4 Å². The molecule has 7 atom stereocenters. The number of halogens is 1. The molecule has 3 saturated heterocycles. The minimum atomic E-state index is -0.292. The van der Waals surface area contributed by atoms with Crippen LogP contribution in [0.3, 0.4) is 0 Å². The minimum absolute atomic E-state index is 0.0253. The van der Waals surface area contributed by atoms with Crippen molar-refractivity contribution in [2.24, 2.45) is 5.92 Å². The highest BCUT2D eigenvalue weighted by Gasteiger charge is 2.52. The maximum atomic E-state index is 14.2. The van der Waals surface area contributed by atoms with Crippen molar-refractivity contribution in [1.29, 1.82) is 5.26 Å². The zero-order valence-corrected chi connectivity index (χ0v) is 24.4. The van der Waals surface area contributed by atoms with E-state index in [1.807, 2.05) is 6.07 Å². The van der Waals surface area contributed by atoms with Gasteiger partial charge in [0.05, 0.1) is 31.3 Å². The number of likely N-dealkylation sites (tertiary alicyclic amines) is 1. The van der Waals surface area contributed by atoms with Crippen molar-refractivity contribution >= 4 is 11.6 Å². The molecule has 0 radical (unpaired) electrons. The van der Waals surface area contributed by atoms with E-state index in [9.17, 15) is 14.4 Å². The van der Waals surface area contributed by atoms with E-state index in [4.69, 9.17) is 4.74 Å². The monoisotopic (exact) mass is 565 g/mol. The zero-order valence-electron chi connectivity index (χ0n) is 24.4. The standard InChI is InChI=1S/C31H44FN7O2/c1-4-28(40)39-15-14-38(18-22(39)10-12-33)29-24-9-11-31(20-37(3)27-16-21(32)7-8-25(27)31)17-26(24)34-30(35-29)41-19-23-6-5-13-36(23)2/h4,7-8,16,22-24,26,29-30,34-35H,1,5-6,9-11,13-15,17-20H2,2-3H3/t22-,23-,24?,26?,29?,30?,31-/m1/s1. The molecular formula is C31H44FN7O2. The number of carbonyl (C=O) groups excluding carboxylic acids is 1. The molecule has 1 spiro atoms. The largest absolute Gasteiger partial charge is 0.373 e. The Morgan fingerprint density at radius 1 is 1.24 bits per heavy atom. The first kappa shape index (κ1) is 28.6. The molecule has 4 fully saturated rings. The van der Waals surface area contributed by atoms with Gasteiger partial charge in [-0.15, -0.1) is 0 Å². The number of rotatable bonds is 6. The zero-order chi connectivity index (χ0) is 28.7. The van der Waals surface area contributed by atoms with Crippen LogP contribution in [0.15, 0.2) is 30.9 Å². The Morgan fingerprint density at radius 2 is 2.10 bits per heavy atom. The van der Waals surface area contributed by atoms with E-state index in [-0.39, 0.29) is 41.7 Å². The van der Waals surface area contributed by atoms with E-state index in [0.717, 1.165) is 51.0 Å². The molecule has 4 heterocycles. The first-order chi connectivity index (χ1) is 19.8. The fourth-order valence-electron chi connectivity index (χ4n) is 8.37. The van der Waals surface area contributed by atoms with Crippen LogP contribution in [0.2, 0.25) is 0 Å². The Kier molecular flexibility index (Phi) is 8.09. The van der Waals surface area contributed by atoms with Crippen molar-refractivity contribution in [3.63, 3.8) is 0 Å². The van der Waals surface area contributed by atoms with Gasteiger partial charge in [-0.1, -0.05) is 12.6 Å². The molecular weight excluding hydrogens is 521 g/mol. The normalized spacial score (nSPS) is 35.8. The van der Waals surface area contributed by atoms with E-state index in [0.29, 0.717) is 38.1 Å². The second-order valence-electron chi connectivity index (χ2n) is 12.8. The van der Waals surface area contributed by atoms with Gasteiger partial charge in [-0.25, -0.2) is 4.39 Å². The lowest BCUT2D eigenvalue weighted by molar-refractivity contribution is -0.136. The summed E-state index contributed by atoms with van der Waals surface area (Å²) < 4.78 is 20.7. The van der Waals surface area contributed by atoms with Crippen LogP contribution in [0.4, 0.5) is 10.1 Å². The summed E-state index contributed by atoms with van der Waals surface area (Å²) in [5, 5.41) is 17.2. The molecule has 9 nitrogen and oxygen atoms in total. The molecule has 5 aliphatic rings. The van der Waals surface area contributed by atoms with Crippen LogP contribution in [0.25, 0.3) is 0 Å². The highest BCUT2D eigenvalue weighted by Crippen LogP contribution is 2.51. The lowest BCUT2D eigenvalue weighted by Gasteiger charge is -2.55. The summed E-state index contributed by atoms with van der Waals surface area (Å²) in [7, 11) is 4.24. The van der Waals surface area contributed by atoms with Crippen LogP contribution < -0.4 is 15.5 Å². The maximum absolute atomic E-state index is 14.2. The second-order valence-corrected chi connectivity index (χ2v) is 12.8. The third-order valence-electron chi connectivity index (χ3n) is 10.5. The van der Waals surface area contributed by atoms with E-state index in [1.54, 1.807) is 17.0 Å². The summed E-state index contributed by atoms with van der Waals surface area (Å²) in [6.45, 7) is 8.28. The number of nitrogens with one attached hydrogen (secondary N) is 2. The predicted octanol–water partition coefficient (Wildman–Crippen LogP) is 2.21. The van der Waals surface area contributed by atoms with E-state index in [2.05, 4.69) is 52.1 Å². The molecule has 1 aromatic carbocycles. The van der Waals surface area contributed by atoms with Crippen LogP contribution in [0.1, 0.15) is 44.1 Å². The minimum Gasteiger partial charge on any atom is -0.373 e. The molecule has 4 unspecified atom stereocenters. The van der Waals surface area contributed by atoms with Crippen LogP contribution in [0.5, 0.6) is 0 Å². The van der Waals surface area contributed by atoms with Crippen molar-refractivity contribution < 1.29 is 13.9 Å². The molecule has 6 rings (SSSR count). The van der Waals surface area contributed by atoms with Gasteiger partial charge in [-0.3, -0.25) is 20.3 Å². The van der Waals surface area contributed by atoms with E-state index < -0.39 is 0 Å². The van der Waals surface area contributed by atoms with E-state index in [1.165, 1.54) is 18.1 Å². The van der Waals surface area contributed by atoms with Gasteiger partial charge in [0, 0.05) is 62.3 Å². The van der Waals surface area contributed by atoms with E-state index >= 15 is 0 Å². The Balaban J connectivity index is 1.24. The number of carbonyl (C=O) groups is 1. The lowest BCUT2D eigenvalue weighted by atomic mass is 9.64. The third kappa shape index (κ3) is 5.39. The summed E-state index contributed by atoms with van der Waals surface area (Å²) in [5.74, 6) is 0.0459. The smallest absolute Gasteiger partial charge is 0.246 e. The van der Waals surface area contributed by atoms with Gasteiger partial charge >= 0.3 is 0 Å². The van der Waals surface area contributed by atoms with Gasteiger partial charge in [0.25, 0.3) is 0 Å². The fourth-order valence-corrected chi connectivity index (χ4v) is 8.37. The number of hydrogen-bond acceptors (Lipinski definition) is 8. The Bertz CT molecular complexity index is 1190. The van der Waals surface area contributed by atoms with Crippen LogP contribution >= 0.6 is 0 Å². The number of likely N-dealkylation sites (N-methyl/N-ethyl adjacent to an activating group) is 2. The molecule has 4 aliphatic heterocycles. The maximum Gasteiger partial charge on any atom is 0.246 e. The number of benzene rings is 1. The predicted molar refractivity (Wildman–Crippen MR) is 155 cm³/mol. The summed E-state index contributed by atoms with van der Waals surface area (Å²) in [6.07, 6.45) is 6.79. The number of fused-ring (bicyclic) bond motifs is 3. The summed E-state index contributed by atoms with van der Waals surface area (Å²) >= 11 is 0. The third-order valence-corrected chi connectivity index (χ3v) is 10.5. The first-order valence-corrected chi connectivity index (χ1v) is 15.2. The van der Waals surface area contributed by atoms with Crippen molar-refractivity contribution in [1.82, 2.24) is 25.3 Å². The molecule has 222 valence electrons. The van der Waals surface area contributed by atoms with Gasteiger partial charge in [-0.05, 0) is 69.5 Å². The lowest BCUT2D eigenvalue weighted by Crippen LogP contribution is -2.72. The quantitative estimate of drug-likeness (QED) is 0.508. The topological polar surface area (TPSA) is 87.1 Å². The summed E-state index contributed by atoms with van der Waals surface area (Å²) in [4.78, 5) is 21.4. The average molecular weight is 566 g/mol. The number of nitriles is 1. The number of piperazine rings is 1. The number of nitrogens with zero attached hydrogens (tertiary/aromatic N) is 5. The van der Waals surface area contributed by atoms with Crippen LogP contribution in [-0.4, -0.2) is 105 Å². The average Bonchev–Trinajstić information content (AvgIpc) is 3.50. The number of ether oxygens (including phenoxy) is 1. The highest BCUT2D eigenvalue weighted by molar-refractivity contribution is 5.87. The molecule has 0 bridgehead atoms. The first-order valence-electron chi connectivity index (χ1n) is 15.2. The highest BCUT2D eigenvalue weighted by atomic mass is 19.1. The Morgan fingerprint density at radius 3 is 2.85 bits per heavy atom. The van der Waals surface area contributed by atoms with Crippen LogP contribution in [0, 0.1) is 23.1 Å². The Hall–Kier alpha value is -2.55. The number of amides is 1. The molecule has 0 aromatic heterocycles. The number of hydrogen-bond donors (Lipinski definition) is 2. The number of anilines is 1. The Labute approximate surface area is 243 Å².